The van der Waals surface area contributed by atoms with E-state index in [0.29, 0.717) is 11.4 Å². The standard InChI is InChI=1S/C12H16BrNOS/c1-3-9(13)8-14-12(15)10-6-4-5-7-11(10)16-2/h4-7,9H,3,8H2,1-2H3,(H,14,15). The molecular weight excluding hydrogens is 286 g/mol. The molecule has 1 N–H and O–H groups in total. The number of amides is 1. The topological polar surface area (TPSA) is 29.1 Å². The van der Waals surface area contributed by atoms with E-state index >= 15 is 0 Å². The zero-order valence-electron chi connectivity index (χ0n) is 9.50. The number of thioether (sulfide) groups is 1. The van der Waals surface area contributed by atoms with E-state index in [1.165, 1.54) is 0 Å². The summed E-state index contributed by atoms with van der Waals surface area (Å²) in [4.78, 5) is 13.3. The summed E-state index contributed by atoms with van der Waals surface area (Å²) in [5.41, 5.74) is 0.755. The summed E-state index contributed by atoms with van der Waals surface area (Å²) in [7, 11) is 0. The van der Waals surface area contributed by atoms with Crippen molar-refractivity contribution in [1.82, 2.24) is 5.32 Å². The lowest BCUT2D eigenvalue weighted by Crippen LogP contribution is -2.29. The van der Waals surface area contributed by atoms with Gasteiger partial charge >= 0.3 is 0 Å². The second kappa shape index (κ2) is 6.97. The minimum atomic E-state index is 0.00264. The molecule has 0 spiro atoms. The SMILES string of the molecule is CCC(Br)CNC(=O)c1ccccc1SC. The number of carbonyl (C=O) groups is 1. The third kappa shape index (κ3) is 3.83. The van der Waals surface area contributed by atoms with E-state index in [9.17, 15) is 4.79 Å². The van der Waals surface area contributed by atoms with Gasteiger partial charge in [-0.25, -0.2) is 0 Å². The molecule has 0 aliphatic carbocycles. The van der Waals surface area contributed by atoms with Gasteiger partial charge in [-0.05, 0) is 24.8 Å². The van der Waals surface area contributed by atoms with Crippen molar-refractivity contribution in [1.29, 1.82) is 0 Å². The third-order valence-corrected chi connectivity index (χ3v) is 4.05. The second-order valence-corrected chi connectivity index (χ2v) is 5.56. The number of carbonyl (C=O) groups excluding carboxylic acids is 1. The fourth-order valence-corrected chi connectivity index (χ4v) is 2.03. The predicted molar refractivity (Wildman–Crippen MR) is 73.6 cm³/mol. The highest BCUT2D eigenvalue weighted by Gasteiger charge is 2.10. The molecule has 0 heterocycles. The summed E-state index contributed by atoms with van der Waals surface area (Å²) in [5, 5.41) is 2.93. The zero-order chi connectivity index (χ0) is 12.0. The minimum Gasteiger partial charge on any atom is -0.351 e. The fourth-order valence-electron chi connectivity index (χ4n) is 1.28. The first kappa shape index (κ1) is 13.6. The van der Waals surface area contributed by atoms with Crippen molar-refractivity contribution in [2.75, 3.05) is 12.8 Å². The van der Waals surface area contributed by atoms with Gasteiger partial charge in [0.25, 0.3) is 5.91 Å². The van der Waals surface area contributed by atoms with Crippen molar-refractivity contribution in [3.8, 4) is 0 Å². The Balaban J connectivity index is 2.65. The fraction of sp³-hybridized carbons (Fsp3) is 0.417. The van der Waals surface area contributed by atoms with Crippen LogP contribution in [0.2, 0.25) is 0 Å². The van der Waals surface area contributed by atoms with Crippen LogP contribution >= 0.6 is 27.7 Å². The largest absolute Gasteiger partial charge is 0.351 e. The van der Waals surface area contributed by atoms with Crippen molar-refractivity contribution in [2.24, 2.45) is 0 Å². The van der Waals surface area contributed by atoms with E-state index in [1.54, 1.807) is 11.8 Å². The van der Waals surface area contributed by atoms with Gasteiger partial charge in [-0.1, -0.05) is 35.0 Å². The van der Waals surface area contributed by atoms with Crippen LogP contribution in [-0.2, 0) is 0 Å². The number of hydrogen-bond donors (Lipinski definition) is 1. The molecule has 0 saturated carbocycles. The molecular formula is C12H16BrNOS. The molecule has 1 unspecified atom stereocenters. The lowest BCUT2D eigenvalue weighted by Gasteiger charge is -2.10. The van der Waals surface area contributed by atoms with Crippen molar-refractivity contribution >= 4 is 33.6 Å². The maximum Gasteiger partial charge on any atom is 0.252 e. The van der Waals surface area contributed by atoms with Gasteiger partial charge in [0.2, 0.25) is 0 Å². The number of nitrogens with one attached hydrogen (secondary N) is 1. The van der Waals surface area contributed by atoms with Crippen molar-refractivity contribution in [3.05, 3.63) is 29.8 Å². The molecule has 0 bridgehead atoms. The maximum absolute atomic E-state index is 11.9. The molecule has 2 nitrogen and oxygen atoms in total. The number of benzene rings is 1. The average molecular weight is 302 g/mol. The van der Waals surface area contributed by atoms with Crippen molar-refractivity contribution < 1.29 is 4.79 Å². The van der Waals surface area contributed by atoms with Crippen LogP contribution < -0.4 is 5.32 Å². The van der Waals surface area contributed by atoms with Crippen LogP contribution in [0.15, 0.2) is 29.2 Å². The third-order valence-electron chi connectivity index (χ3n) is 2.28. The molecule has 1 aromatic rings. The van der Waals surface area contributed by atoms with E-state index in [-0.39, 0.29) is 5.91 Å². The monoisotopic (exact) mass is 301 g/mol. The molecule has 0 radical (unpaired) electrons. The van der Waals surface area contributed by atoms with E-state index in [4.69, 9.17) is 0 Å². The average Bonchev–Trinajstić information content (AvgIpc) is 2.35. The van der Waals surface area contributed by atoms with E-state index < -0.39 is 0 Å². The number of alkyl halides is 1. The molecule has 0 aliphatic rings. The van der Waals surface area contributed by atoms with Gasteiger partial charge in [0.05, 0.1) is 5.56 Å². The Hall–Kier alpha value is -0.480. The van der Waals surface area contributed by atoms with Gasteiger partial charge in [0.1, 0.15) is 0 Å². The first-order valence-electron chi connectivity index (χ1n) is 5.24. The van der Waals surface area contributed by atoms with Crippen LogP contribution in [0.3, 0.4) is 0 Å². The van der Waals surface area contributed by atoms with E-state index in [0.717, 1.165) is 16.9 Å². The molecule has 16 heavy (non-hydrogen) atoms. The molecule has 0 aliphatic heterocycles. The summed E-state index contributed by atoms with van der Waals surface area (Å²) in [6.07, 6.45) is 2.98. The highest BCUT2D eigenvalue weighted by molar-refractivity contribution is 9.09. The molecule has 1 aromatic carbocycles. The second-order valence-electron chi connectivity index (χ2n) is 3.42. The van der Waals surface area contributed by atoms with Crippen molar-refractivity contribution in [3.63, 3.8) is 0 Å². The van der Waals surface area contributed by atoms with Crippen LogP contribution in [0, 0.1) is 0 Å². The first-order chi connectivity index (χ1) is 7.69. The normalized spacial score (nSPS) is 12.2. The number of hydrogen-bond acceptors (Lipinski definition) is 2. The summed E-state index contributed by atoms with van der Waals surface area (Å²) in [5.74, 6) is 0.00264. The lowest BCUT2D eigenvalue weighted by molar-refractivity contribution is 0.0951. The van der Waals surface area contributed by atoms with E-state index in [2.05, 4.69) is 28.2 Å². The molecule has 0 saturated heterocycles. The van der Waals surface area contributed by atoms with Crippen molar-refractivity contribution in [2.45, 2.75) is 23.1 Å². The van der Waals surface area contributed by atoms with Gasteiger partial charge in [-0.3, -0.25) is 4.79 Å². The Labute approximate surface area is 109 Å². The molecule has 4 heteroatoms. The predicted octanol–water partition coefficient (Wildman–Crippen LogP) is 3.31. The number of rotatable bonds is 5. The summed E-state index contributed by atoms with van der Waals surface area (Å²) < 4.78 is 0. The van der Waals surface area contributed by atoms with Crippen LogP contribution in [-0.4, -0.2) is 23.5 Å². The molecule has 0 aromatic heterocycles. The lowest BCUT2D eigenvalue weighted by atomic mass is 10.2. The Morgan fingerprint density at radius 1 is 1.50 bits per heavy atom. The summed E-state index contributed by atoms with van der Waals surface area (Å²) in [6.45, 7) is 2.75. The van der Waals surface area contributed by atoms with Crippen LogP contribution in [0.4, 0.5) is 0 Å². The summed E-state index contributed by atoms with van der Waals surface area (Å²) in [6, 6.07) is 7.66. The van der Waals surface area contributed by atoms with Gasteiger partial charge < -0.3 is 5.32 Å². The first-order valence-corrected chi connectivity index (χ1v) is 7.38. The van der Waals surface area contributed by atoms with Gasteiger partial charge in [0.15, 0.2) is 0 Å². The van der Waals surface area contributed by atoms with Gasteiger partial charge in [0, 0.05) is 16.3 Å². The molecule has 1 atom stereocenters. The highest BCUT2D eigenvalue weighted by atomic mass is 79.9. The Morgan fingerprint density at radius 3 is 2.81 bits per heavy atom. The van der Waals surface area contributed by atoms with Crippen LogP contribution in [0.25, 0.3) is 0 Å². The Kier molecular flexibility index (Phi) is 5.91. The summed E-state index contributed by atoms with van der Waals surface area (Å²) >= 11 is 5.08. The molecule has 88 valence electrons. The highest BCUT2D eigenvalue weighted by Crippen LogP contribution is 2.19. The zero-order valence-corrected chi connectivity index (χ0v) is 11.9. The van der Waals surface area contributed by atoms with Crippen LogP contribution in [0.1, 0.15) is 23.7 Å². The molecule has 1 amide bonds. The smallest absolute Gasteiger partial charge is 0.252 e. The van der Waals surface area contributed by atoms with Gasteiger partial charge in [-0.15, -0.1) is 11.8 Å². The maximum atomic E-state index is 11.9. The Bertz CT molecular complexity index is 357. The minimum absolute atomic E-state index is 0.00264. The van der Waals surface area contributed by atoms with E-state index in [1.807, 2.05) is 30.5 Å². The van der Waals surface area contributed by atoms with Gasteiger partial charge in [-0.2, -0.15) is 0 Å². The number of halogens is 1. The molecule has 1 rings (SSSR count). The van der Waals surface area contributed by atoms with Crippen LogP contribution in [0.5, 0.6) is 0 Å². The Morgan fingerprint density at radius 2 is 2.19 bits per heavy atom. The molecule has 0 fully saturated rings. The quantitative estimate of drug-likeness (QED) is 0.668.